The van der Waals surface area contributed by atoms with Gasteiger partial charge in [-0.05, 0) is 6.92 Å². The average Bonchev–Trinajstić information content (AvgIpc) is 2.70. The standard InChI is InChI=1S/C8H7N3O3/c1-4-2-6(11-14-4)5-3-7(8(12)13)10-9-5/h2-3H,1H3,(H,9,10)(H,12,13). The van der Waals surface area contributed by atoms with Crippen LogP contribution in [0.3, 0.4) is 0 Å². The van der Waals surface area contributed by atoms with E-state index in [0.29, 0.717) is 17.1 Å². The molecule has 0 unspecified atom stereocenters. The highest BCUT2D eigenvalue weighted by molar-refractivity contribution is 5.86. The highest BCUT2D eigenvalue weighted by Gasteiger charge is 2.11. The van der Waals surface area contributed by atoms with Crippen molar-refractivity contribution in [3.8, 4) is 11.4 Å². The molecule has 2 aromatic rings. The summed E-state index contributed by atoms with van der Waals surface area (Å²) in [5.41, 5.74) is 1.01. The van der Waals surface area contributed by atoms with Gasteiger partial charge in [-0.15, -0.1) is 0 Å². The number of carbonyl (C=O) groups is 1. The summed E-state index contributed by atoms with van der Waals surface area (Å²) in [6.45, 7) is 1.75. The SMILES string of the molecule is Cc1cc(-c2cc(C(=O)O)[nH]n2)no1. The van der Waals surface area contributed by atoms with E-state index in [2.05, 4.69) is 15.4 Å². The zero-order valence-electron chi connectivity index (χ0n) is 7.31. The van der Waals surface area contributed by atoms with E-state index in [-0.39, 0.29) is 5.69 Å². The second-order valence-electron chi connectivity index (χ2n) is 2.79. The summed E-state index contributed by atoms with van der Waals surface area (Å²) in [6.07, 6.45) is 0. The van der Waals surface area contributed by atoms with Crippen LogP contribution in [0.4, 0.5) is 0 Å². The molecule has 6 nitrogen and oxygen atoms in total. The van der Waals surface area contributed by atoms with Gasteiger partial charge in [-0.25, -0.2) is 4.79 Å². The van der Waals surface area contributed by atoms with Gasteiger partial charge in [-0.3, -0.25) is 5.10 Å². The van der Waals surface area contributed by atoms with E-state index in [1.165, 1.54) is 6.07 Å². The number of hydrogen-bond donors (Lipinski definition) is 2. The topological polar surface area (TPSA) is 92.0 Å². The number of aromatic carboxylic acids is 1. The lowest BCUT2D eigenvalue weighted by Crippen LogP contribution is -1.95. The lowest BCUT2D eigenvalue weighted by Gasteiger charge is -1.81. The fourth-order valence-electron chi connectivity index (χ4n) is 1.05. The molecule has 0 spiro atoms. The van der Waals surface area contributed by atoms with Crippen molar-refractivity contribution in [3.63, 3.8) is 0 Å². The van der Waals surface area contributed by atoms with Crippen LogP contribution in [0.25, 0.3) is 11.4 Å². The first kappa shape index (κ1) is 8.49. The molecule has 0 aromatic carbocycles. The first-order valence-electron chi connectivity index (χ1n) is 3.89. The minimum atomic E-state index is -1.05. The number of H-pyrrole nitrogens is 1. The van der Waals surface area contributed by atoms with Gasteiger partial charge in [0.25, 0.3) is 0 Å². The van der Waals surface area contributed by atoms with E-state index in [1.54, 1.807) is 13.0 Å². The van der Waals surface area contributed by atoms with Gasteiger partial charge in [0.2, 0.25) is 0 Å². The van der Waals surface area contributed by atoms with E-state index in [0.717, 1.165) is 0 Å². The molecule has 0 bridgehead atoms. The number of aromatic amines is 1. The van der Waals surface area contributed by atoms with Crippen LogP contribution in [0.5, 0.6) is 0 Å². The largest absolute Gasteiger partial charge is 0.477 e. The Morgan fingerprint density at radius 1 is 1.50 bits per heavy atom. The Balaban J connectivity index is 2.38. The lowest BCUT2D eigenvalue weighted by atomic mass is 10.3. The van der Waals surface area contributed by atoms with Gasteiger partial charge in [0.1, 0.15) is 22.8 Å². The van der Waals surface area contributed by atoms with Crippen molar-refractivity contribution in [2.24, 2.45) is 0 Å². The van der Waals surface area contributed by atoms with Gasteiger partial charge >= 0.3 is 5.97 Å². The lowest BCUT2D eigenvalue weighted by molar-refractivity contribution is 0.0690. The number of carboxylic acids is 1. The first-order chi connectivity index (χ1) is 6.66. The third kappa shape index (κ3) is 1.37. The van der Waals surface area contributed by atoms with Gasteiger partial charge in [0.05, 0.1) is 0 Å². The molecule has 0 aliphatic heterocycles. The molecule has 2 rings (SSSR count). The zero-order chi connectivity index (χ0) is 10.1. The molecule has 0 aliphatic carbocycles. The van der Waals surface area contributed by atoms with Crippen molar-refractivity contribution >= 4 is 5.97 Å². The van der Waals surface area contributed by atoms with Crippen LogP contribution in [0.2, 0.25) is 0 Å². The van der Waals surface area contributed by atoms with Gasteiger partial charge in [0.15, 0.2) is 0 Å². The van der Waals surface area contributed by atoms with Crippen molar-refractivity contribution in [2.75, 3.05) is 0 Å². The summed E-state index contributed by atoms with van der Waals surface area (Å²) in [6, 6.07) is 3.08. The molecule has 72 valence electrons. The molecule has 2 aromatic heterocycles. The van der Waals surface area contributed by atoms with Crippen molar-refractivity contribution in [1.29, 1.82) is 0 Å². The Kier molecular flexibility index (Phi) is 1.81. The fraction of sp³-hybridized carbons (Fsp3) is 0.125. The van der Waals surface area contributed by atoms with E-state index >= 15 is 0 Å². The summed E-state index contributed by atoms with van der Waals surface area (Å²) in [4.78, 5) is 10.5. The van der Waals surface area contributed by atoms with Crippen molar-refractivity contribution in [1.82, 2.24) is 15.4 Å². The number of aryl methyl sites for hydroxylation is 1. The Morgan fingerprint density at radius 3 is 2.79 bits per heavy atom. The summed E-state index contributed by atoms with van der Waals surface area (Å²) in [5, 5.41) is 18.5. The third-order valence-electron chi connectivity index (χ3n) is 1.70. The summed E-state index contributed by atoms with van der Waals surface area (Å²) < 4.78 is 4.84. The van der Waals surface area contributed by atoms with Crippen molar-refractivity contribution < 1.29 is 14.4 Å². The molecule has 0 fully saturated rings. The van der Waals surface area contributed by atoms with Gasteiger partial charge < -0.3 is 9.63 Å². The summed E-state index contributed by atoms with van der Waals surface area (Å²) in [7, 11) is 0. The average molecular weight is 193 g/mol. The fourth-order valence-corrected chi connectivity index (χ4v) is 1.05. The molecule has 14 heavy (non-hydrogen) atoms. The molecule has 0 atom stereocenters. The number of carboxylic acid groups (broad SMARTS) is 1. The van der Waals surface area contributed by atoms with E-state index < -0.39 is 5.97 Å². The van der Waals surface area contributed by atoms with Gasteiger partial charge in [-0.2, -0.15) is 5.10 Å². The minimum Gasteiger partial charge on any atom is -0.477 e. The molecule has 0 radical (unpaired) electrons. The quantitative estimate of drug-likeness (QED) is 0.744. The summed E-state index contributed by atoms with van der Waals surface area (Å²) >= 11 is 0. The van der Waals surface area contributed by atoms with Crippen LogP contribution >= 0.6 is 0 Å². The Bertz CT molecular complexity index is 472. The minimum absolute atomic E-state index is 0.0284. The van der Waals surface area contributed by atoms with E-state index in [4.69, 9.17) is 9.63 Å². The molecular weight excluding hydrogens is 186 g/mol. The van der Waals surface area contributed by atoms with Gasteiger partial charge in [0, 0.05) is 12.1 Å². The van der Waals surface area contributed by atoms with Crippen LogP contribution in [0, 0.1) is 6.92 Å². The molecule has 6 heteroatoms. The van der Waals surface area contributed by atoms with Crippen LogP contribution in [-0.4, -0.2) is 26.4 Å². The van der Waals surface area contributed by atoms with Gasteiger partial charge in [-0.1, -0.05) is 5.16 Å². The van der Waals surface area contributed by atoms with Crippen LogP contribution in [-0.2, 0) is 0 Å². The predicted octanol–water partition coefficient (Wildman–Crippen LogP) is 1.07. The molecule has 2 heterocycles. The number of nitrogens with one attached hydrogen (secondary N) is 1. The summed E-state index contributed by atoms with van der Waals surface area (Å²) in [5.74, 6) is -0.399. The first-order valence-corrected chi connectivity index (χ1v) is 3.89. The number of hydrogen-bond acceptors (Lipinski definition) is 4. The number of nitrogens with zero attached hydrogens (tertiary/aromatic N) is 2. The van der Waals surface area contributed by atoms with Crippen molar-refractivity contribution in [3.05, 3.63) is 23.6 Å². The van der Waals surface area contributed by atoms with Crippen LogP contribution in [0.15, 0.2) is 16.7 Å². The van der Waals surface area contributed by atoms with Crippen LogP contribution < -0.4 is 0 Å². The number of rotatable bonds is 2. The molecule has 0 amide bonds. The molecule has 0 saturated carbocycles. The Labute approximate surface area is 78.5 Å². The van der Waals surface area contributed by atoms with Crippen molar-refractivity contribution in [2.45, 2.75) is 6.92 Å². The highest BCUT2D eigenvalue weighted by atomic mass is 16.5. The second-order valence-corrected chi connectivity index (χ2v) is 2.79. The molecule has 0 aliphatic rings. The Morgan fingerprint density at radius 2 is 2.29 bits per heavy atom. The van der Waals surface area contributed by atoms with Crippen LogP contribution in [0.1, 0.15) is 16.2 Å². The normalized spacial score (nSPS) is 10.4. The van der Waals surface area contributed by atoms with E-state index in [1.807, 2.05) is 0 Å². The maximum Gasteiger partial charge on any atom is 0.353 e. The maximum atomic E-state index is 10.5. The third-order valence-corrected chi connectivity index (χ3v) is 1.70. The predicted molar refractivity (Wildman–Crippen MR) is 45.8 cm³/mol. The smallest absolute Gasteiger partial charge is 0.353 e. The molecule has 2 N–H and O–H groups in total. The van der Waals surface area contributed by atoms with E-state index in [9.17, 15) is 4.79 Å². The maximum absolute atomic E-state index is 10.5. The second kappa shape index (κ2) is 2.99. The number of aromatic nitrogens is 3. The molecule has 0 saturated heterocycles. The highest BCUT2D eigenvalue weighted by Crippen LogP contribution is 2.16. The Hall–Kier alpha value is -2.11. The monoisotopic (exact) mass is 193 g/mol. The molecular formula is C8H7N3O3. The zero-order valence-corrected chi connectivity index (χ0v) is 7.31.